The van der Waals surface area contributed by atoms with Crippen LogP contribution in [-0.2, 0) is 0 Å². The SMILES string of the molecule is c1ccc2c(c1)c1ccccc1n2-c1ccc2oc3cc4oc5ccc(C(c6ccc7oc8cc9oc%10ccc(-n%11c%12ccccc%12c%12ccccc%12%11)cc%10c9cc8c7c6)c6ccc7oc8cc9oc%10ccc(-n%11c%12ccccc%12c%12ccccc%12%11)cc%10c9cc8c7c6)cc5c4cc3c2c1. The molecule has 0 amide bonds. The second kappa shape index (κ2) is 19.2. The van der Waals surface area contributed by atoms with Crippen molar-refractivity contribution in [2.45, 2.75) is 5.92 Å². The van der Waals surface area contributed by atoms with Crippen LogP contribution in [0.4, 0.5) is 0 Å². The monoisotopic (exact) mass is 1280 g/mol. The van der Waals surface area contributed by atoms with E-state index in [2.05, 4.69) is 305 Å². The van der Waals surface area contributed by atoms with E-state index in [9.17, 15) is 0 Å². The number of rotatable bonds is 6. The lowest BCUT2D eigenvalue weighted by Crippen LogP contribution is -2.03. The topological polar surface area (TPSA) is 93.6 Å². The summed E-state index contributed by atoms with van der Waals surface area (Å²) in [6.07, 6.45) is 0. The minimum Gasteiger partial charge on any atom is -0.456 e. The summed E-state index contributed by atoms with van der Waals surface area (Å²) in [5.74, 6) is -0.273. The van der Waals surface area contributed by atoms with Crippen molar-refractivity contribution in [3.8, 4) is 17.1 Å². The van der Waals surface area contributed by atoms with Crippen molar-refractivity contribution in [1.82, 2.24) is 13.7 Å². The van der Waals surface area contributed by atoms with Gasteiger partial charge in [0.15, 0.2) is 0 Å². The van der Waals surface area contributed by atoms with Crippen molar-refractivity contribution in [2.75, 3.05) is 0 Å². The second-order valence-electron chi connectivity index (χ2n) is 27.0. The van der Waals surface area contributed by atoms with Crippen LogP contribution in [0, 0.1) is 0 Å². The molecule has 9 heterocycles. The summed E-state index contributed by atoms with van der Waals surface area (Å²) in [6, 6.07) is 105. The Hall–Kier alpha value is -13.5. The molecule has 0 aliphatic heterocycles. The lowest BCUT2D eigenvalue weighted by Gasteiger charge is -2.19. The van der Waals surface area contributed by atoms with Gasteiger partial charge in [0, 0.05) is 138 Å². The molecule has 464 valence electrons. The Morgan fingerprint density at radius 2 is 0.360 bits per heavy atom. The van der Waals surface area contributed by atoms with Gasteiger partial charge in [0.1, 0.15) is 67.0 Å². The van der Waals surface area contributed by atoms with Crippen LogP contribution in [0.15, 0.2) is 318 Å². The molecule has 0 aliphatic rings. The summed E-state index contributed by atoms with van der Waals surface area (Å²) < 4.78 is 47.6. The van der Waals surface area contributed by atoms with Crippen molar-refractivity contribution < 1.29 is 26.5 Å². The van der Waals surface area contributed by atoms with Crippen molar-refractivity contribution in [2.24, 2.45) is 0 Å². The standard InChI is InChI=1S/C91H49N3O6/c1-7-19-73-55(13-1)56-14-2-8-20-74(56)92(73)52-28-34-82-64(40-52)70-43-67-61-37-49(25-31-79(61)95-85(67)46-88(70)98-82)91(50-26-32-80-62(38-50)68-44-71-65-41-53(29-35-83(65)99-89(71)47-86(68)96-80)93-75-21-9-3-15-57(75)58-16-4-10-22-76(58)93)51-27-33-81-63(39-51)69-45-72-66-42-54(30-36-84(66)100-90(72)48-87(69)97-81)94-77-23-11-5-17-59(77)60-18-6-12-24-78(60)94/h1-48,91H. The highest BCUT2D eigenvalue weighted by Gasteiger charge is 2.26. The first-order valence-electron chi connectivity index (χ1n) is 33.9. The van der Waals surface area contributed by atoms with Crippen LogP contribution in [0.1, 0.15) is 22.6 Å². The summed E-state index contributed by atoms with van der Waals surface area (Å²) >= 11 is 0. The van der Waals surface area contributed by atoms with E-state index in [1.165, 1.54) is 32.3 Å². The van der Waals surface area contributed by atoms with E-state index in [0.29, 0.717) is 0 Å². The first-order chi connectivity index (χ1) is 49.5. The first kappa shape index (κ1) is 52.7. The highest BCUT2D eigenvalue weighted by atomic mass is 16.4. The van der Waals surface area contributed by atoms with Crippen LogP contribution < -0.4 is 0 Å². The van der Waals surface area contributed by atoms with E-state index in [0.717, 1.165) is 198 Å². The van der Waals surface area contributed by atoms with Crippen LogP contribution in [-0.4, -0.2) is 13.7 Å². The van der Waals surface area contributed by atoms with Crippen LogP contribution in [0.2, 0.25) is 0 Å². The van der Waals surface area contributed by atoms with E-state index < -0.39 is 0 Å². The van der Waals surface area contributed by atoms with Crippen LogP contribution in [0.3, 0.4) is 0 Å². The summed E-state index contributed by atoms with van der Waals surface area (Å²) in [5.41, 5.74) is 22.9. The van der Waals surface area contributed by atoms with E-state index in [4.69, 9.17) is 26.5 Å². The normalized spacial score (nSPS) is 12.7. The maximum atomic E-state index is 6.82. The molecule has 9 aromatic heterocycles. The Balaban J connectivity index is 0.696. The third-order valence-corrected chi connectivity index (χ3v) is 21.7. The zero-order valence-electron chi connectivity index (χ0n) is 53.1. The average molecular weight is 1280 g/mol. The fraction of sp³-hybridized carbons (Fsp3) is 0.0110. The van der Waals surface area contributed by atoms with Gasteiger partial charge in [-0.2, -0.15) is 0 Å². The van der Waals surface area contributed by atoms with Crippen LogP contribution in [0.25, 0.3) is 214 Å². The molecule has 9 heteroatoms. The number of hydrogen-bond acceptors (Lipinski definition) is 6. The first-order valence-corrected chi connectivity index (χ1v) is 33.9. The minimum atomic E-state index is -0.273. The Labute approximate surface area is 564 Å². The predicted molar refractivity (Wildman–Crippen MR) is 407 cm³/mol. The molecule has 0 aliphatic carbocycles. The van der Waals surface area contributed by atoms with Crippen LogP contribution in [0.5, 0.6) is 0 Å². The molecular weight excluding hydrogens is 1230 g/mol. The molecular formula is C91H49N3O6. The van der Waals surface area contributed by atoms with Crippen molar-refractivity contribution in [1.29, 1.82) is 0 Å². The van der Waals surface area contributed by atoms with E-state index in [1.54, 1.807) is 0 Å². The van der Waals surface area contributed by atoms with Gasteiger partial charge in [0.25, 0.3) is 0 Å². The Bertz CT molecular complexity index is 6870. The van der Waals surface area contributed by atoms with Gasteiger partial charge in [-0.25, -0.2) is 0 Å². The molecule has 9 nitrogen and oxygen atoms in total. The summed E-state index contributed by atoms with van der Waals surface area (Å²) in [5, 5.41) is 19.6. The molecule has 0 N–H and O–H groups in total. The molecule has 0 saturated carbocycles. The Kier molecular flexibility index (Phi) is 10.1. The molecule has 0 atom stereocenters. The highest BCUT2D eigenvalue weighted by Crippen LogP contribution is 2.47. The molecule has 0 radical (unpaired) electrons. The molecule has 0 unspecified atom stereocenters. The molecule has 0 spiro atoms. The number of nitrogens with zero attached hydrogens (tertiary/aromatic N) is 3. The van der Waals surface area contributed by atoms with E-state index >= 15 is 0 Å². The second-order valence-corrected chi connectivity index (χ2v) is 27.0. The third kappa shape index (κ3) is 7.18. The molecule has 0 fully saturated rings. The largest absolute Gasteiger partial charge is 0.456 e. The fourth-order valence-electron chi connectivity index (χ4n) is 17.3. The van der Waals surface area contributed by atoms with Gasteiger partial charge < -0.3 is 40.2 Å². The van der Waals surface area contributed by atoms with Gasteiger partial charge in [-0.1, -0.05) is 127 Å². The average Bonchev–Trinajstić information content (AvgIpc) is 1.59. The van der Waals surface area contributed by atoms with Crippen molar-refractivity contribution in [3.05, 3.63) is 308 Å². The lowest BCUT2D eigenvalue weighted by atomic mass is 9.83. The molecule has 0 bridgehead atoms. The Morgan fingerprint density at radius 3 is 0.600 bits per heavy atom. The third-order valence-electron chi connectivity index (χ3n) is 21.7. The van der Waals surface area contributed by atoms with Gasteiger partial charge in [0.2, 0.25) is 0 Å². The summed E-state index contributed by atoms with van der Waals surface area (Å²) in [4.78, 5) is 0. The fourth-order valence-corrected chi connectivity index (χ4v) is 17.3. The predicted octanol–water partition coefficient (Wildman–Crippen LogP) is 25.6. The summed E-state index contributed by atoms with van der Waals surface area (Å²) in [7, 11) is 0. The van der Waals surface area contributed by atoms with Crippen LogP contribution >= 0.6 is 0 Å². The number of furan rings is 6. The molecule has 100 heavy (non-hydrogen) atoms. The van der Waals surface area contributed by atoms with E-state index in [1.807, 2.05) is 0 Å². The van der Waals surface area contributed by atoms with Gasteiger partial charge in [-0.05, 0) is 162 Å². The van der Waals surface area contributed by atoms with Crippen molar-refractivity contribution >= 4 is 197 Å². The summed E-state index contributed by atoms with van der Waals surface area (Å²) in [6.45, 7) is 0. The lowest BCUT2D eigenvalue weighted by molar-refractivity contribution is 0.655. The van der Waals surface area contributed by atoms with Gasteiger partial charge in [0.05, 0.1) is 33.1 Å². The quantitative estimate of drug-likeness (QED) is 0.154. The number of fused-ring (bicyclic) bond motifs is 27. The number of aromatic nitrogens is 3. The van der Waals surface area contributed by atoms with E-state index in [-0.39, 0.29) is 5.92 Å². The Morgan fingerprint density at radius 1 is 0.160 bits per heavy atom. The van der Waals surface area contributed by atoms with Crippen molar-refractivity contribution in [3.63, 3.8) is 0 Å². The number of hydrogen-bond donors (Lipinski definition) is 0. The smallest absolute Gasteiger partial charge is 0.139 e. The maximum Gasteiger partial charge on any atom is 0.139 e. The molecule has 0 saturated heterocycles. The maximum absolute atomic E-state index is 6.82. The zero-order valence-corrected chi connectivity index (χ0v) is 53.1. The zero-order chi connectivity index (χ0) is 64.7. The van der Waals surface area contributed by atoms with Gasteiger partial charge in [-0.3, -0.25) is 0 Å². The molecule has 24 rings (SSSR count). The van der Waals surface area contributed by atoms with Gasteiger partial charge >= 0.3 is 0 Å². The molecule has 24 aromatic rings. The van der Waals surface area contributed by atoms with Gasteiger partial charge in [-0.15, -0.1) is 0 Å². The number of para-hydroxylation sites is 6. The highest BCUT2D eigenvalue weighted by molar-refractivity contribution is 6.20. The minimum absolute atomic E-state index is 0.273. The number of benzene rings is 15. The molecule has 15 aromatic carbocycles.